The van der Waals surface area contributed by atoms with Gasteiger partial charge in [0.05, 0.1) is 46.6 Å². The second kappa shape index (κ2) is 10.9. The van der Waals surface area contributed by atoms with Crippen LogP contribution in [0, 0.1) is 43.1 Å². The quantitative estimate of drug-likeness (QED) is 0.195. The van der Waals surface area contributed by atoms with E-state index in [9.17, 15) is 10.5 Å². The van der Waals surface area contributed by atoms with E-state index in [1.807, 2.05) is 80.6 Å². The summed E-state index contributed by atoms with van der Waals surface area (Å²) in [6.45, 7) is 11.0. The molecule has 0 fully saturated rings. The lowest BCUT2D eigenvalue weighted by Gasteiger charge is -2.15. The molecule has 7 heteroatoms. The molecule has 210 valence electrons. The van der Waals surface area contributed by atoms with Gasteiger partial charge in [0.2, 0.25) is 0 Å². The van der Waals surface area contributed by atoms with Crippen molar-refractivity contribution in [3.8, 4) is 51.5 Å². The summed E-state index contributed by atoms with van der Waals surface area (Å²) in [7, 11) is 0. The van der Waals surface area contributed by atoms with Crippen molar-refractivity contribution in [2.24, 2.45) is 0 Å². The smallest absolute Gasteiger partial charge is 0.187 e. The summed E-state index contributed by atoms with van der Waals surface area (Å²) in [5, 5.41) is 21.3. The van der Waals surface area contributed by atoms with Gasteiger partial charge in [-0.25, -0.2) is 19.8 Å². The minimum Gasteiger partial charge on any atom is -0.308 e. The zero-order valence-corrected chi connectivity index (χ0v) is 24.4. The number of fused-ring (bicyclic) bond motifs is 3. The third-order valence-corrected chi connectivity index (χ3v) is 7.91. The van der Waals surface area contributed by atoms with Crippen LogP contribution in [0.3, 0.4) is 0 Å². The van der Waals surface area contributed by atoms with Crippen molar-refractivity contribution < 1.29 is 0 Å². The molecule has 0 spiro atoms. The van der Waals surface area contributed by atoms with Crippen LogP contribution < -0.4 is 0 Å². The van der Waals surface area contributed by atoms with E-state index in [2.05, 4.69) is 72.9 Å². The van der Waals surface area contributed by atoms with E-state index in [0.717, 1.165) is 55.3 Å². The SMILES string of the molecule is [C-]#[N+]c1ccc(-c2ccc3c4ccc(-c5ccc(C#N)cc5)cc4n(-c4ccc(C#N)cc4-c4nc(C)nc(C)n4)c3c2)cc1. The zero-order valence-electron chi connectivity index (χ0n) is 24.4. The largest absolute Gasteiger partial charge is 0.308 e. The Labute approximate surface area is 259 Å². The summed E-state index contributed by atoms with van der Waals surface area (Å²) >= 11 is 0. The van der Waals surface area contributed by atoms with Gasteiger partial charge in [0.1, 0.15) is 11.6 Å². The highest BCUT2D eigenvalue weighted by atomic mass is 15.0. The Morgan fingerprint density at radius 1 is 0.600 bits per heavy atom. The van der Waals surface area contributed by atoms with E-state index in [1.54, 1.807) is 0 Å². The van der Waals surface area contributed by atoms with Gasteiger partial charge < -0.3 is 4.57 Å². The van der Waals surface area contributed by atoms with Crippen LogP contribution in [0.1, 0.15) is 22.8 Å². The van der Waals surface area contributed by atoms with Crippen LogP contribution in [-0.2, 0) is 0 Å². The molecule has 0 amide bonds. The molecule has 0 aliphatic rings. The molecule has 45 heavy (non-hydrogen) atoms. The van der Waals surface area contributed by atoms with E-state index in [0.29, 0.717) is 34.3 Å². The molecule has 7 rings (SSSR count). The van der Waals surface area contributed by atoms with Crippen molar-refractivity contribution in [1.82, 2.24) is 19.5 Å². The molecule has 0 unspecified atom stereocenters. The van der Waals surface area contributed by atoms with E-state index in [4.69, 9.17) is 6.57 Å². The molecule has 0 N–H and O–H groups in total. The Hall–Kier alpha value is -6.62. The van der Waals surface area contributed by atoms with Crippen LogP contribution in [0.5, 0.6) is 0 Å². The van der Waals surface area contributed by atoms with Crippen molar-refractivity contribution >= 4 is 27.5 Å². The number of hydrogen-bond donors (Lipinski definition) is 0. The first-order valence-electron chi connectivity index (χ1n) is 14.3. The van der Waals surface area contributed by atoms with E-state index < -0.39 is 0 Å². The normalized spacial score (nSPS) is 10.8. The summed E-state index contributed by atoms with van der Waals surface area (Å²) < 4.78 is 2.21. The minimum absolute atomic E-state index is 0.497. The predicted molar refractivity (Wildman–Crippen MR) is 176 cm³/mol. The number of nitriles is 2. The van der Waals surface area contributed by atoms with Gasteiger partial charge in [-0.05, 0) is 78.6 Å². The number of aromatic nitrogens is 4. The van der Waals surface area contributed by atoms with Crippen LogP contribution in [0.2, 0.25) is 0 Å². The molecule has 2 aromatic heterocycles. The highest BCUT2D eigenvalue weighted by Gasteiger charge is 2.19. The number of hydrogen-bond acceptors (Lipinski definition) is 5. The molecule has 0 bridgehead atoms. The summed E-state index contributed by atoms with van der Waals surface area (Å²) in [5.41, 5.74) is 9.22. The molecule has 0 aliphatic heterocycles. The molecular formula is C38H23N7. The average Bonchev–Trinajstić information content (AvgIpc) is 3.40. The van der Waals surface area contributed by atoms with Gasteiger partial charge in [-0.15, -0.1) is 0 Å². The van der Waals surface area contributed by atoms with Crippen molar-refractivity contribution in [2.75, 3.05) is 0 Å². The topological polar surface area (TPSA) is 95.5 Å². The fourth-order valence-corrected chi connectivity index (χ4v) is 5.82. The number of rotatable bonds is 4. The Kier molecular flexibility index (Phi) is 6.59. The number of nitrogens with zero attached hydrogens (tertiary/aromatic N) is 7. The lowest BCUT2D eigenvalue weighted by atomic mass is 10.0. The maximum Gasteiger partial charge on any atom is 0.187 e. The third-order valence-electron chi connectivity index (χ3n) is 7.91. The summed E-state index contributed by atoms with van der Waals surface area (Å²) in [6.07, 6.45) is 0. The van der Waals surface area contributed by atoms with Crippen molar-refractivity contribution in [1.29, 1.82) is 10.5 Å². The molecule has 0 saturated carbocycles. The molecule has 0 atom stereocenters. The highest BCUT2D eigenvalue weighted by molar-refractivity contribution is 6.11. The first-order chi connectivity index (χ1) is 21.9. The van der Waals surface area contributed by atoms with Crippen molar-refractivity contribution in [3.63, 3.8) is 0 Å². The Balaban J connectivity index is 1.56. The Bertz CT molecular complexity index is 2280. The van der Waals surface area contributed by atoms with Gasteiger partial charge in [-0.1, -0.05) is 60.7 Å². The molecule has 2 heterocycles. The fourth-order valence-electron chi connectivity index (χ4n) is 5.82. The first-order valence-corrected chi connectivity index (χ1v) is 14.3. The number of aryl methyl sites for hydroxylation is 2. The molecule has 0 saturated heterocycles. The molecule has 0 radical (unpaired) electrons. The maximum absolute atomic E-state index is 9.83. The summed E-state index contributed by atoms with van der Waals surface area (Å²) in [4.78, 5) is 17.3. The first kappa shape index (κ1) is 27.2. The van der Waals surface area contributed by atoms with Gasteiger partial charge in [0, 0.05) is 16.3 Å². The van der Waals surface area contributed by atoms with E-state index in [1.165, 1.54) is 0 Å². The highest BCUT2D eigenvalue weighted by Crippen LogP contribution is 2.39. The Morgan fingerprint density at radius 3 is 1.64 bits per heavy atom. The van der Waals surface area contributed by atoms with Crippen LogP contribution in [0.4, 0.5) is 5.69 Å². The average molecular weight is 578 g/mol. The third kappa shape index (κ3) is 4.83. The molecule has 0 aliphatic carbocycles. The molecular weight excluding hydrogens is 554 g/mol. The lowest BCUT2D eigenvalue weighted by Crippen LogP contribution is -2.03. The molecule has 7 aromatic rings. The van der Waals surface area contributed by atoms with Crippen LogP contribution >= 0.6 is 0 Å². The lowest BCUT2D eigenvalue weighted by molar-refractivity contribution is 0.926. The van der Waals surface area contributed by atoms with Crippen molar-refractivity contribution in [2.45, 2.75) is 13.8 Å². The summed E-state index contributed by atoms with van der Waals surface area (Å²) in [5.74, 6) is 1.69. The van der Waals surface area contributed by atoms with Crippen LogP contribution in [-0.4, -0.2) is 19.5 Å². The summed E-state index contributed by atoms with van der Waals surface area (Å²) in [6, 6.07) is 38.0. The van der Waals surface area contributed by atoms with Gasteiger partial charge in [-0.3, -0.25) is 0 Å². The molecule has 7 nitrogen and oxygen atoms in total. The monoisotopic (exact) mass is 577 g/mol. The molecule has 5 aromatic carbocycles. The van der Waals surface area contributed by atoms with E-state index >= 15 is 0 Å². The fraction of sp³-hybridized carbons (Fsp3) is 0.0526. The maximum atomic E-state index is 9.83. The Morgan fingerprint density at radius 2 is 1.11 bits per heavy atom. The predicted octanol–water partition coefficient (Wildman–Crippen LogP) is 8.88. The van der Waals surface area contributed by atoms with Gasteiger partial charge in [0.25, 0.3) is 0 Å². The van der Waals surface area contributed by atoms with Crippen LogP contribution in [0.15, 0.2) is 103 Å². The number of benzene rings is 5. The van der Waals surface area contributed by atoms with Crippen LogP contribution in [0.25, 0.3) is 66.0 Å². The van der Waals surface area contributed by atoms with E-state index in [-0.39, 0.29) is 0 Å². The second-order valence-corrected chi connectivity index (χ2v) is 10.7. The van der Waals surface area contributed by atoms with Gasteiger partial charge in [0.15, 0.2) is 11.5 Å². The minimum atomic E-state index is 0.497. The van der Waals surface area contributed by atoms with Gasteiger partial charge >= 0.3 is 0 Å². The van der Waals surface area contributed by atoms with Gasteiger partial charge in [-0.2, -0.15) is 10.5 Å². The second-order valence-electron chi connectivity index (χ2n) is 10.7. The standard InChI is InChI=1S/C38H23N7/c1-23-42-24(2)44-38(43-23)34-18-26(22-40)6-17-35(34)45-36-19-29(27-7-4-25(21-39)5-8-27)11-15-32(36)33-16-12-30(20-37(33)45)28-9-13-31(41-3)14-10-28/h4-20H,1-2H3. The van der Waals surface area contributed by atoms with Crippen molar-refractivity contribution in [3.05, 3.63) is 137 Å². The zero-order chi connectivity index (χ0) is 31.1.